The first kappa shape index (κ1) is 9.46. The van der Waals surface area contributed by atoms with E-state index < -0.39 is 0 Å². The van der Waals surface area contributed by atoms with E-state index in [9.17, 15) is 0 Å². The van der Waals surface area contributed by atoms with Crippen LogP contribution in [0.15, 0.2) is 24.4 Å². The van der Waals surface area contributed by atoms with Crippen molar-refractivity contribution in [2.45, 2.75) is 25.3 Å². The summed E-state index contributed by atoms with van der Waals surface area (Å²) in [5.41, 5.74) is 5.65. The van der Waals surface area contributed by atoms with Crippen molar-refractivity contribution in [3.05, 3.63) is 24.4 Å². The van der Waals surface area contributed by atoms with Crippen molar-refractivity contribution in [2.24, 2.45) is 11.7 Å². The highest BCUT2D eigenvalue weighted by Gasteiger charge is 2.23. The third kappa shape index (κ3) is 2.23. The molecule has 0 radical (unpaired) electrons. The van der Waals surface area contributed by atoms with Gasteiger partial charge in [0.1, 0.15) is 5.82 Å². The number of aromatic nitrogens is 1. The summed E-state index contributed by atoms with van der Waals surface area (Å²) in [7, 11) is 0. The predicted molar refractivity (Wildman–Crippen MR) is 58.0 cm³/mol. The fraction of sp³-hybridized carbons (Fsp3) is 0.545. The van der Waals surface area contributed by atoms with Gasteiger partial charge in [-0.2, -0.15) is 0 Å². The molecule has 0 spiro atoms. The quantitative estimate of drug-likeness (QED) is 0.763. The molecule has 1 fully saturated rings. The molecule has 76 valence electrons. The van der Waals surface area contributed by atoms with Gasteiger partial charge < -0.3 is 11.1 Å². The van der Waals surface area contributed by atoms with Crippen LogP contribution >= 0.6 is 0 Å². The van der Waals surface area contributed by atoms with E-state index in [1.165, 1.54) is 19.3 Å². The van der Waals surface area contributed by atoms with Crippen molar-refractivity contribution in [2.75, 3.05) is 11.9 Å². The summed E-state index contributed by atoms with van der Waals surface area (Å²) in [6.07, 6.45) is 5.48. The number of anilines is 1. The summed E-state index contributed by atoms with van der Waals surface area (Å²) in [4.78, 5) is 4.25. The normalized spacial score (nSPS) is 26.4. The number of hydrogen-bond acceptors (Lipinski definition) is 3. The van der Waals surface area contributed by atoms with Crippen LogP contribution in [-0.2, 0) is 0 Å². The monoisotopic (exact) mass is 191 g/mol. The van der Waals surface area contributed by atoms with Gasteiger partial charge >= 0.3 is 0 Å². The average molecular weight is 191 g/mol. The van der Waals surface area contributed by atoms with Gasteiger partial charge in [-0.25, -0.2) is 4.98 Å². The van der Waals surface area contributed by atoms with E-state index in [1.54, 1.807) is 0 Å². The van der Waals surface area contributed by atoms with Crippen molar-refractivity contribution >= 4 is 5.82 Å². The van der Waals surface area contributed by atoms with E-state index in [1.807, 2.05) is 24.4 Å². The van der Waals surface area contributed by atoms with E-state index in [-0.39, 0.29) is 0 Å². The van der Waals surface area contributed by atoms with E-state index in [0.29, 0.717) is 12.0 Å². The van der Waals surface area contributed by atoms with Crippen molar-refractivity contribution < 1.29 is 0 Å². The molecular weight excluding hydrogens is 174 g/mol. The summed E-state index contributed by atoms with van der Waals surface area (Å²) >= 11 is 0. The Bertz CT molecular complexity index is 273. The average Bonchev–Trinajstić information content (AvgIpc) is 2.67. The molecule has 2 rings (SSSR count). The lowest BCUT2D eigenvalue weighted by atomic mass is 10.1. The SMILES string of the molecule is NCC1CCC(Nc2ccccn2)C1. The van der Waals surface area contributed by atoms with Crippen LogP contribution in [0.2, 0.25) is 0 Å². The van der Waals surface area contributed by atoms with Crippen LogP contribution in [0.25, 0.3) is 0 Å². The Labute approximate surface area is 84.7 Å². The smallest absolute Gasteiger partial charge is 0.126 e. The zero-order valence-corrected chi connectivity index (χ0v) is 8.32. The fourth-order valence-corrected chi connectivity index (χ4v) is 2.08. The molecule has 0 amide bonds. The van der Waals surface area contributed by atoms with Gasteiger partial charge in [0.25, 0.3) is 0 Å². The Morgan fingerprint density at radius 3 is 3.00 bits per heavy atom. The summed E-state index contributed by atoms with van der Waals surface area (Å²) in [6, 6.07) is 6.52. The Kier molecular flexibility index (Phi) is 2.99. The van der Waals surface area contributed by atoms with E-state index >= 15 is 0 Å². The number of pyridine rings is 1. The summed E-state index contributed by atoms with van der Waals surface area (Å²) in [5.74, 6) is 1.69. The molecule has 3 N–H and O–H groups in total. The lowest BCUT2D eigenvalue weighted by molar-refractivity contribution is 0.555. The topological polar surface area (TPSA) is 50.9 Å². The van der Waals surface area contributed by atoms with E-state index in [2.05, 4.69) is 10.3 Å². The van der Waals surface area contributed by atoms with Crippen LogP contribution in [0, 0.1) is 5.92 Å². The van der Waals surface area contributed by atoms with Crippen LogP contribution < -0.4 is 11.1 Å². The number of rotatable bonds is 3. The second kappa shape index (κ2) is 4.42. The maximum absolute atomic E-state index is 5.65. The fourth-order valence-electron chi connectivity index (χ4n) is 2.08. The van der Waals surface area contributed by atoms with Crippen LogP contribution in [0.3, 0.4) is 0 Å². The molecule has 1 aromatic rings. The van der Waals surface area contributed by atoms with Gasteiger partial charge in [0.15, 0.2) is 0 Å². The number of hydrogen-bond donors (Lipinski definition) is 2. The predicted octanol–water partition coefficient (Wildman–Crippen LogP) is 1.62. The lowest BCUT2D eigenvalue weighted by Crippen LogP contribution is -2.18. The molecule has 1 aliphatic carbocycles. The molecule has 1 saturated carbocycles. The van der Waals surface area contributed by atoms with Gasteiger partial charge in [-0.1, -0.05) is 6.07 Å². The first-order valence-corrected chi connectivity index (χ1v) is 5.26. The standard InChI is InChI=1S/C11H17N3/c12-8-9-4-5-10(7-9)14-11-3-1-2-6-13-11/h1-3,6,9-10H,4-5,7-8,12H2,(H,13,14). The van der Waals surface area contributed by atoms with Gasteiger partial charge in [-0.15, -0.1) is 0 Å². The molecule has 2 atom stereocenters. The molecule has 3 heteroatoms. The highest BCUT2D eigenvalue weighted by Crippen LogP contribution is 2.26. The Morgan fingerprint density at radius 2 is 2.36 bits per heavy atom. The van der Waals surface area contributed by atoms with E-state index in [0.717, 1.165) is 12.4 Å². The van der Waals surface area contributed by atoms with Gasteiger partial charge in [0, 0.05) is 12.2 Å². The minimum atomic E-state index is 0.568. The van der Waals surface area contributed by atoms with Gasteiger partial charge in [0.2, 0.25) is 0 Å². The van der Waals surface area contributed by atoms with Gasteiger partial charge in [-0.3, -0.25) is 0 Å². The first-order chi connectivity index (χ1) is 6.88. The molecule has 0 bridgehead atoms. The van der Waals surface area contributed by atoms with Crippen molar-refractivity contribution in [3.8, 4) is 0 Å². The maximum Gasteiger partial charge on any atom is 0.126 e. The van der Waals surface area contributed by atoms with Crippen molar-refractivity contribution in [3.63, 3.8) is 0 Å². The largest absolute Gasteiger partial charge is 0.367 e. The molecule has 14 heavy (non-hydrogen) atoms. The van der Waals surface area contributed by atoms with Crippen molar-refractivity contribution in [1.29, 1.82) is 0 Å². The molecular formula is C11H17N3. The van der Waals surface area contributed by atoms with Gasteiger partial charge in [0.05, 0.1) is 0 Å². The van der Waals surface area contributed by atoms with Crippen LogP contribution in [-0.4, -0.2) is 17.6 Å². The Hall–Kier alpha value is -1.09. The summed E-state index contributed by atoms with van der Waals surface area (Å²) in [5, 5.41) is 3.44. The molecule has 1 aromatic heterocycles. The zero-order valence-electron chi connectivity index (χ0n) is 8.32. The van der Waals surface area contributed by atoms with Crippen LogP contribution in [0.4, 0.5) is 5.82 Å². The molecule has 3 nitrogen and oxygen atoms in total. The molecule has 1 heterocycles. The third-order valence-corrected chi connectivity index (χ3v) is 2.89. The Balaban J connectivity index is 1.88. The maximum atomic E-state index is 5.65. The molecule has 0 aromatic carbocycles. The van der Waals surface area contributed by atoms with Gasteiger partial charge in [-0.05, 0) is 43.9 Å². The molecule has 1 aliphatic rings. The number of nitrogens with zero attached hydrogens (tertiary/aromatic N) is 1. The minimum Gasteiger partial charge on any atom is -0.367 e. The lowest BCUT2D eigenvalue weighted by Gasteiger charge is -2.12. The summed E-state index contributed by atoms with van der Waals surface area (Å²) < 4.78 is 0. The number of nitrogens with one attached hydrogen (secondary N) is 1. The van der Waals surface area contributed by atoms with E-state index in [4.69, 9.17) is 5.73 Å². The van der Waals surface area contributed by atoms with Crippen LogP contribution in [0.1, 0.15) is 19.3 Å². The zero-order chi connectivity index (χ0) is 9.80. The first-order valence-electron chi connectivity index (χ1n) is 5.26. The summed E-state index contributed by atoms with van der Waals surface area (Å²) in [6.45, 7) is 0.820. The molecule has 0 aliphatic heterocycles. The second-order valence-corrected chi connectivity index (χ2v) is 3.97. The third-order valence-electron chi connectivity index (χ3n) is 2.89. The molecule has 2 unspecified atom stereocenters. The number of nitrogens with two attached hydrogens (primary N) is 1. The Morgan fingerprint density at radius 1 is 1.43 bits per heavy atom. The molecule has 0 saturated heterocycles. The minimum absolute atomic E-state index is 0.568. The second-order valence-electron chi connectivity index (χ2n) is 3.97. The van der Waals surface area contributed by atoms with Crippen molar-refractivity contribution in [1.82, 2.24) is 4.98 Å². The van der Waals surface area contributed by atoms with Crippen LogP contribution in [0.5, 0.6) is 0 Å². The highest BCUT2D eigenvalue weighted by molar-refractivity contribution is 5.34. The highest BCUT2D eigenvalue weighted by atomic mass is 15.0.